The smallest absolute Gasteiger partial charge is 0.271 e. The Morgan fingerprint density at radius 2 is 1.71 bits per heavy atom. The number of carbonyl (C=O) groups excluding carboxylic acids is 1. The molecule has 0 atom stereocenters. The number of rotatable bonds is 11. The molecule has 3 aromatic carbocycles. The van der Waals surface area contributed by atoms with Gasteiger partial charge in [-0.05, 0) is 48.4 Å². The summed E-state index contributed by atoms with van der Waals surface area (Å²) in [4.78, 5) is 12.5. The summed E-state index contributed by atoms with van der Waals surface area (Å²) < 4.78 is 22.2. The largest absolute Gasteiger partial charge is 0.493 e. The van der Waals surface area contributed by atoms with Crippen molar-refractivity contribution in [2.24, 2.45) is 5.10 Å². The van der Waals surface area contributed by atoms with Crippen LogP contribution in [0.25, 0.3) is 0 Å². The van der Waals surface area contributed by atoms with Crippen molar-refractivity contribution in [3.63, 3.8) is 0 Å². The van der Waals surface area contributed by atoms with E-state index in [2.05, 4.69) is 10.5 Å². The summed E-state index contributed by atoms with van der Waals surface area (Å²) in [6.07, 6.45) is 2.32. The maximum atomic E-state index is 12.5. The fourth-order valence-corrected chi connectivity index (χ4v) is 3.55. The second-order valence-electron chi connectivity index (χ2n) is 7.33. The van der Waals surface area contributed by atoms with Gasteiger partial charge in [-0.3, -0.25) is 4.79 Å². The highest BCUT2D eigenvalue weighted by Crippen LogP contribution is 2.37. The van der Waals surface area contributed by atoms with Crippen molar-refractivity contribution in [2.45, 2.75) is 20.0 Å². The second kappa shape index (κ2) is 12.9. The maximum Gasteiger partial charge on any atom is 0.271 e. The molecular weight excluding hydrogens is 491 g/mol. The Hall–Kier alpha value is -3.42. The van der Waals surface area contributed by atoms with Crippen LogP contribution in [0.2, 0.25) is 10.0 Å². The van der Waals surface area contributed by atoms with Gasteiger partial charge in [0, 0.05) is 16.1 Å². The first kappa shape index (κ1) is 26.2. The fraction of sp³-hybridized carbons (Fsp3) is 0.231. The number of halogens is 2. The highest BCUT2D eigenvalue weighted by atomic mass is 35.5. The molecule has 0 aliphatic heterocycles. The molecule has 7 nitrogen and oxygen atoms in total. The Balaban J connectivity index is 1.68. The quantitative estimate of drug-likeness (QED) is 0.244. The lowest BCUT2D eigenvalue weighted by Gasteiger charge is -2.14. The van der Waals surface area contributed by atoms with Crippen LogP contribution in [0.1, 0.15) is 34.8 Å². The molecule has 0 bridgehead atoms. The van der Waals surface area contributed by atoms with E-state index in [-0.39, 0.29) is 6.61 Å². The lowest BCUT2D eigenvalue weighted by molar-refractivity contribution is 0.0954. The normalized spacial score (nSPS) is 10.8. The SMILES string of the molecule is CCCOc1ccc(C(=O)N/N=C/c2cc(Cl)c(OCc3ccccc3Cl)c(OC)c2)cc1OC. The summed E-state index contributed by atoms with van der Waals surface area (Å²) in [6.45, 7) is 2.80. The molecule has 0 unspecified atom stereocenters. The number of hydrazone groups is 1. The van der Waals surface area contributed by atoms with Gasteiger partial charge in [-0.2, -0.15) is 5.10 Å². The Bertz CT molecular complexity index is 1200. The third kappa shape index (κ3) is 7.04. The van der Waals surface area contributed by atoms with Crippen molar-refractivity contribution in [1.82, 2.24) is 5.43 Å². The summed E-state index contributed by atoms with van der Waals surface area (Å²) in [5, 5.41) is 4.96. The molecule has 1 amide bonds. The molecule has 0 aliphatic rings. The van der Waals surface area contributed by atoms with E-state index in [1.807, 2.05) is 25.1 Å². The highest BCUT2D eigenvalue weighted by Gasteiger charge is 2.14. The molecule has 0 fully saturated rings. The van der Waals surface area contributed by atoms with Crippen molar-refractivity contribution >= 4 is 35.3 Å². The zero-order valence-electron chi connectivity index (χ0n) is 19.6. The fourth-order valence-electron chi connectivity index (χ4n) is 3.09. The first-order chi connectivity index (χ1) is 17.0. The van der Waals surface area contributed by atoms with Gasteiger partial charge in [-0.25, -0.2) is 5.43 Å². The van der Waals surface area contributed by atoms with Gasteiger partial charge in [0.25, 0.3) is 5.91 Å². The zero-order chi connectivity index (χ0) is 25.2. The average molecular weight is 517 g/mol. The van der Waals surface area contributed by atoms with E-state index in [4.69, 9.17) is 42.1 Å². The molecule has 0 aliphatic carbocycles. The summed E-state index contributed by atoms with van der Waals surface area (Å²) in [5.41, 5.74) is 4.30. The predicted octanol–water partition coefficient (Wildman–Crippen LogP) is 6.14. The van der Waals surface area contributed by atoms with E-state index in [1.54, 1.807) is 36.4 Å². The minimum atomic E-state index is -0.403. The topological polar surface area (TPSA) is 78.4 Å². The Kier molecular flexibility index (Phi) is 9.64. The van der Waals surface area contributed by atoms with E-state index >= 15 is 0 Å². The number of benzene rings is 3. The van der Waals surface area contributed by atoms with Crippen LogP contribution in [0, 0.1) is 0 Å². The van der Waals surface area contributed by atoms with Crippen LogP contribution >= 0.6 is 23.2 Å². The molecule has 3 aromatic rings. The van der Waals surface area contributed by atoms with Crippen LogP contribution in [0.3, 0.4) is 0 Å². The minimum absolute atomic E-state index is 0.227. The van der Waals surface area contributed by atoms with E-state index in [1.165, 1.54) is 20.4 Å². The second-order valence-corrected chi connectivity index (χ2v) is 8.14. The lowest BCUT2D eigenvalue weighted by Crippen LogP contribution is -2.17. The highest BCUT2D eigenvalue weighted by molar-refractivity contribution is 6.32. The molecule has 1 N–H and O–H groups in total. The number of hydrogen-bond donors (Lipinski definition) is 1. The van der Waals surface area contributed by atoms with Crippen LogP contribution in [0.5, 0.6) is 23.0 Å². The first-order valence-corrected chi connectivity index (χ1v) is 11.6. The molecular formula is C26H26Cl2N2O5. The molecule has 35 heavy (non-hydrogen) atoms. The average Bonchev–Trinajstić information content (AvgIpc) is 2.87. The number of amides is 1. The third-order valence-corrected chi connectivity index (χ3v) is 5.50. The van der Waals surface area contributed by atoms with E-state index in [9.17, 15) is 4.79 Å². The van der Waals surface area contributed by atoms with Gasteiger partial charge < -0.3 is 18.9 Å². The van der Waals surface area contributed by atoms with Crippen LogP contribution < -0.4 is 24.4 Å². The third-order valence-electron chi connectivity index (χ3n) is 4.85. The van der Waals surface area contributed by atoms with Gasteiger partial charge in [-0.15, -0.1) is 0 Å². The van der Waals surface area contributed by atoms with Gasteiger partial charge in [0.1, 0.15) is 6.61 Å². The molecule has 0 spiro atoms. The van der Waals surface area contributed by atoms with Crippen molar-refractivity contribution in [3.8, 4) is 23.0 Å². The van der Waals surface area contributed by atoms with Crippen LogP contribution in [-0.4, -0.2) is 32.9 Å². The summed E-state index contributed by atoms with van der Waals surface area (Å²) in [6, 6.07) is 15.7. The van der Waals surface area contributed by atoms with Crippen molar-refractivity contribution in [2.75, 3.05) is 20.8 Å². The monoisotopic (exact) mass is 516 g/mol. The van der Waals surface area contributed by atoms with Crippen molar-refractivity contribution < 1.29 is 23.7 Å². The van der Waals surface area contributed by atoms with Gasteiger partial charge in [0.2, 0.25) is 0 Å². The van der Waals surface area contributed by atoms with Crippen LogP contribution in [0.15, 0.2) is 59.7 Å². The molecule has 0 saturated heterocycles. The molecule has 0 heterocycles. The molecule has 184 valence electrons. The van der Waals surface area contributed by atoms with Crippen molar-refractivity contribution in [1.29, 1.82) is 0 Å². The van der Waals surface area contributed by atoms with Crippen molar-refractivity contribution in [3.05, 3.63) is 81.3 Å². The molecule has 3 rings (SSSR count). The zero-order valence-corrected chi connectivity index (χ0v) is 21.2. The maximum absolute atomic E-state index is 12.5. The van der Waals surface area contributed by atoms with Crippen LogP contribution in [-0.2, 0) is 6.61 Å². The van der Waals surface area contributed by atoms with Gasteiger partial charge >= 0.3 is 0 Å². The van der Waals surface area contributed by atoms with E-state index in [0.29, 0.717) is 50.8 Å². The number of hydrogen-bond acceptors (Lipinski definition) is 6. The summed E-state index contributed by atoms with van der Waals surface area (Å²) in [5.74, 6) is 1.45. The van der Waals surface area contributed by atoms with E-state index in [0.717, 1.165) is 12.0 Å². The van der Waals surface area contributed by atoms with E-state index < -0.39 is 5.91 Å². The number of methoxy groups -OCH3 is 2. The molecule has 0 saturated carbocycles. The van der Waals surface area contributed by atoms with Gasteiger partial charge in [0.05, 0.1) is 32.1 Å². The molecule has 9 heteroatoms. The van der Waals surface area contributed by atoms with Gasteiger partial charge in [-0.1, -0.05) is 48.3 Å². The van der Waals surface area contributed by atoms with Crippen LogP contribution in [0.4, 0.5) is 0 Å². The number of nitrogens with zero attached hydrogens (tertiary/aromatic N) is 1. The summed E-state index contributed by atoms with van der Waals surface area (Å²) >= 11 is 12.6. The lowest BCUT2D eigenvalue weighted by atomic mass is 10.2. The number of ether oxygens (including phenoxy) is 4. The predicted molar refractivity (Wildman–Crippen MR) is 138 cm³/mol. The first-order valence-electron chi connectivity index (χ1n) is 10.8. The Morgan fingerprint density at radius 1 is 0.943 bits per heavy atom. The Labute approximate surface area is 214 Å². The number of carbonyl (C=O) groups is 1. The number of nitrogens with one attached hydrogen (secondary N) is 1. The summed E-state index contributed by atoms with van der Waals surface area (Å²) in [7, 11) is 3.03. The standard InChI is InChI=1S/C26H26Cl2N2O5/c1-4-11-34-22-10-9-18(14-23(22)32-2)26(31)30-29-15-17-12-21(28)25(24(13-17)33-3)35-16-19-7-5-6-8-20(19)27/h5-10,12-15H,4,11,16H2,1-3H3,(H,30,31)/b29-15+. The molecule has 0 aromatic heterocycles. The van der Waals surface area contributed by atoms with Gasteiger partial charge in [0.15, 0.2) is 23.0 Å². The minimum Gasteiger partial charge on any atom is -0.493 e. The Morgan fingerprint density at radius 3 is 2.43 bits per heavy atom. The molecule has 0 radical (unpaired) electrons.